The fraction of sp³-hybridized carbons (Fsp3) is 0.0588. The molecule has 2 aromatic carbocycles. The fourth-order valence-corrected chi connectivity index (χ4v) is 3.36. The van der Waals surface area contributed by atoms with Crippen LogP contribution in [0.15, 0.2) is 53.9 Å². The lowest BCUT2D eigenvalue weighted by Crippen LogP contribution is -2.23. The number of nitrogens with zero attached hydrogens (tertiary/aromatic N) is 1. The molecule has 0 bridgehead atoms. The van der Waals surface area contributed by atoms with Gasteiger partial charge in [0.15, 0.2) is 0 Å². The molecule has 1 amide bonds. The number of halogens is 2. The summed E-state index contributed by atoms with van der Waals surface area (Å²) < 4.78 is 0. The van der Waals surface area contributed by atoms with E-state index in [0.717, 1.165) is 16.3 Å². The number of carbonyl (C=O) groups is 1. The summed E-state index contributed by atoms with van der Waals surface area (Å²) in [4.78, 5) is 16.7. The molecule has 1 aromatic heterocycles. The molecule has 23 heavy (non-hydrogen) atoms. The Morgan fingerprint density at radius 2 is 1.91 bits per heavy atom. The van der Waals surface area contributed by atoms with E-state index in [1.165, 1.54) is 0 Å². The SMILES string of the molecule is O=C(NCc1csc(-c2ccccc2)n1)c1ccc(Cl)cc1Cl. The molecule has 0 saturated heterocycles. The number of rotatable bonds is 4. The van der Waals surface area contributed by atoms with E-state index in [2.05, 4.69) is 10.3 Å². The zero-order valence-corrected chi connectivity index (χ0v) is 14.3. The summed E-state index contributed by atoms with van der Waals surface area (Å²) in [7, 11) is 0. The van der Waals surface area contributed by atoms with Crippen molar-refractivity contribution in [1.82, 2.24) is 10.3 Å². The maximum absolute atomic E-state index is 12.2. The average Bonchev–Trinajstić information content (AvgIpc) is 3.02. The molecule has 1 heterocycles. The van der Waals surface area contributed by atoms with Gasteiger partial charge in [0.2, 0.25) is 0 Å². The third-order valence-electron chi connectivity index (χ3n) is 3.18. The van der Waals surface area contributed by atoms with Crippen LogP contribution in [0.1, 0.15) is 16.1 Å². The van der Waals surface area contributed by atoms with E-state index in [-0.39, 0.29) is 5.91 Å². The lowest BCUT2D eigenvalue weighted by atomic mass is 10.2. The van der Waals surface area contributed by atoms with E-state index < -0.39 is 0 Å². The van der Waals surface area contributed by atoms with Crippen molar-refractivity contribution < 1.29 is 4.79 Å². The van der Waals surface area contributed by atoms with Crippen LogP contribution >= 0.6 is 34.5 Å². The highest BCUT2D eigenvalue weighted by Gasteiger charge is 2.11. The third-order valence-corrected chi connectivity index (χ3v) is 4.67. The van der Waals surface area contributed by atoms with Crippen LogP contribution in [0.5, 0.6) is 0 Å². The summed E-state index contributed by atoms with van der Waals surface area (Å²) in [5.74, 6) is -0.249. The van der Waals surface area contributed by atoms with Gasteiger partial charge in [0.05, 0.1) is 22.8 Å². The van der Waals surface area contributed by atoms with E-state index in [1.807, 2.05) is 35.7 Å². The highest BCUT2D eigenvalue weighted by Crippen LogP contribution is 2.24. The predicted molar refractivity (Wildman–Crippen MR) is 95.2 cm³/mol. The molecule has 0 fully saturated rings. The number of amides is 1. The zero-order chi connectivity index (χ0) is 16.2. The highest BCUT2D eigenvalue weighted by molar-refractivity contribution is 7.13. The van der Waals surface area contributed by atoms with Gasteiger partial charge in [-0.3, -0.25) is 4.79 Å². The summed E-state index contributed by atoms with van der Waals surface area (Å²) >= 11 is 13.4. The van der Waals surface area contributed by atoms with Crippen molar-refractivity contribution in [3.8, 4) is 10.6 Å². The van der Waals surface area contributed by atoms with E-state index in [4.69, 9.17) is 23.2 Å². The molecule has 116 valence electrons. The Kier molecular flexibility index (Phi) is 4.96. The number of nitrogens with one attached hydrogen (secondary N) is 1. The quantitative estimate of drug-likeness (QED) is 0.705. The molecule has 0 saturated carbocycles. The van der Waals surface area contributed by atoms with E-state index in [9.17, 15) is 4.79 Å². The lowest BCUT2D eigenvalue weighted by Gasteiger charge is -2.05. The smallest absolute Gasteiger partial charge is 0.253 e. The van der Waals surface area contributed by atoms with Crippen LogP contribution in [0.3, 0.4) is 0 Å². The minimum absolute atomic E-state index is 0.249. The molecule has 3 aromatic rings. The van der Waals surface area contributed by atoms with Gasteiger partial charge in [-0.05, 0) is 18.2 Å². The predicted octanol–water partition coefficient (Wildman–Crippen LogP) is 5.05. The first-order chi connectivity index (χ1) is 11.1. The molecule has 0 aliphatic rings. The van der Waals surface area contributed by atoms with Gasteiger partial charge < -0.3 is 5.32 Å². The van der Waals surface area contributed by atoms with E-state index in [0.29, 0.717) is 22.2 Å². The molecule has 3 nitrogen and oxygen atoms in total. The normalized spacial score (nSPS) is 10.5. The molecule has 6 heteroatoms. The molecule has 1 N–H and O–H groups in total. The molecule has 0 radical (unpaired) electrons. The van der Waals surface area contributed by atoms with Crippen LogP contribution in [0.25, 0.3) is 10.6 Å². The Labute approximate surface area is 147 Å². The van der Waals surface area contributed by atoms with Crippen LogP contribution in [-0.2, 0) is 6.54 Å². The van der Waals surface area contributed by atoms with Crippen LogP contribution in [-0.4, -0.2) is 10.9 Å². The summed E-state index contributed by atoms with van der Waals surface area (Å²) in [5, 5.41) is 6.51. The number of hydrogen-bond donors (Lipinski definition) is 1. The maximum Gasteiger partial charge on any atom is 0.253 e. The Morgan fingerprint density at radius 3 is 2.65 bits per heavy atom. The Morgan fingerprint density at radius 1 is 1.13 bits per heavy atom. The van der Waals surface area contributed by atoms with Crippen LogP contribution in [0, 0.1) is 0 Å². The summed E-state index contributed by atoms with van der Waals surface area (Å²) in [6, 6.07) is 14.7. The van der Waals surface area contributed by atoms with Crippen LogP contribution < -0.4 is 5.32 Å². The standard InChI is InChI=1S/C17H12Cl2N2OS/c18-12-6-7-14(15(19)8-12)16(22)20-9-13-10-23-17(21-13)11-4-2-1-3-5-11/h1-8,10H,9H2,(H,20,22). The van der Waals surface area contributed by atoms with Gasteiger partial charge in [-0.2, -0.15) is 0 Å². The van der Waals surface area contributed by atoms with Crippen molar-refractivity contribution in [3.63, 3.8) is 0 Å². The Hall–Kier alpha value is -1.88. The average molecular weight is 363 g/mol. The Balaban J connectivity index is 1.67. The molecular formula is C17H12Cl2N2OS. The molecular weight excluding hydrogens is 351 g/mol. The molecule has 0 atom stereocenters. The summed E-state index contributed by atoms with van der Waals surface area (Å²) in [6.07, 6.45) is 0. The number of aromatic nitrogens is 1. The Bertz CT molecular complexity index is 834. The van der Waals surface area contributed by atoms with Gasteiger partial charge in [0.1, 0.15) is 5.01 Å². The first-order valence-corrected chi connectivity index (χ1v) is 8.50. The van der Waals surface area contributed by atoms with E-state index >= 15 is 0 Å². The van der Waals surface area contributed by atoms with E-state index in [1.54, 1.807) is 29.5 Å². The molecule has 0 spiro atoms. The second-order valence-corrected chi connectivity index (χ2v) is 6.52. The zero-order valence-electron chi connectivity index (χ0n) is 11.9. The first kappa shape index (κ1) is 16.0. The second-order valence-electron chi connectivity index (χ2n) is 4.82. The van der Waals surface area contributed by atoms with Gasteiger partial charge in [-0.1, -0.05) is 53.5 Å². The topological polar surface area (TPSA) is 42.0 Å². The van der Waals surface area contributed by atoms with Crippen LogP contribution in [0.4, 0.5) is 0 Å². The first-order valence-electron chi connectivity index (χ1n) is 6.86. The lowest BCUT2D eigenvalue weighted by molar-refractivity contribution is 0.0950. The van der Waals surface area contributed by atoms with Crippen molar-refractivity contribution >= 4 is 40.4 Å². The van der Waals surface area contributed by atoms with Crippen molar-refractivity contribution in [1.29, 1.82) is 0 Å². The number of thiazole rings is 1. The minimum Gasteiger partial charge on any atom is -0.346 e. The number of hydrogen-bond acceptors (Lipinski definition) is 3. The maximum atomic E-state index is 12.2. The number of benzene rings is 2. The largest absolute Gasteiger partial charge is 0.346 e. The monoisotopic (exact) mass is 362 g/mol. The third kappa shape index (κ3) is 3.91. The summed E-state index contributed by atoms with van der Waals surface area (Å²) in [5.41, 5.74) is 2.28. The highest BCUT2D eigenvalue weighted by atomic mass is 35.5. The van der Waals surface area contributed by atoms with Gasteiger partial charge in [-0.15, -0.1) is 11.3 Å². The second kappa shape index (κ2) is 7.13. The van der Waals surface area contributed by atoms with Gasteiger partial charge in [0.25, 0.3) is 5.91 Å². The van der Waals surface area contributed by atoms with Gasteiger partial charge in [0, 0.05) is 16.0 Å². The molecule has 0 aliphatic heterocycles. The van der Waals surface area contributed by atoms with Gasteiger partial charge >= 0.3 is 0 Å². The fourth-order valence-electron chi connectivity index (χ4n) is 2.04. The number of carbonyl (C=O) groups excluding carboxylic acids is 1. The van der Waals surface area contributed by atoms with Crippen molar-refractivity contribution in [2.45, 2.75) is 6.54 Å². The minimum atomic E-state index is -0.249. The molecule has 3 rings (SSSR count). The van der Waals surface area contributed by atoms with Crippen LogP contribution in [0.2, 0.25) is 10.0 Å². The van der Waals surface area contributed by atoms with Crippen molar-refractivity contribution in [2.24, 2.45) is 0 Å². The van der Waals surface area contributed by atoms with Gasteiger partial charge in [-0.25, -0.2) is 4.98 Å². The summed E-state index contributed by atoms with van der Waals surface area (Å²) in [6.45, 7) is 0.348. The van der Waals surface area contributed by atoms with Crippen molar-refractivity contribution in [2.75, 3.05) is 0 Å². The molecule has 0 unspecified atom stereocenters. The molecule has 0 aliphatic carbocycles. The van der Waals surface area contributed by atoms with Crippen molar-refractivity contribution in [3.05, 3.63) is 75.2 Å².